The van der Waals surface area contributed by atoms with Gasteiger partial charge in [-0.15, -0.1) is 0 Å². The fourth-order valence-electron chi connectivity index (χ4n) is 2.32. The topological polar surface area (TPSA) is 50.4 Å². The van der Waals surface area contributed by atoms with E-state index in [4.69, 9.17) is 4.42 Å². The number of furan rings is 1. The molecule has 0 saturated heterocycles. The summed E-state index contributed by atoms with van der Waals surface area (Å²) in [6.45, 7) is 1.68. The molecule has 0 amide bonds. The number of hydrogen-bond donors (Lipinski definition) is 1. The minimum absolute atomic E-state index is 0.104. The van der Waals surface area contributed by atoms with E-state index >= 15 is 0 Å². The van der Waals surface area contributed by atoms with E-state index in [0.29, 0.717) is 17.1 Å². The van der Waals surface area contributed by atoms with E-state index in [2.05, 4.69) is 0 Å². The number of hydrogen-bond acceptors (Lipinski definition) is 3. The minimum atomic E-state index is -0.239. The van der Waals surface area contributed by atoms with Gasteiger partial charge in [-0.05, 0) is 6.92 Å². The zero-order chi connectivity index (χ0) is 14.8. The molecule has 0 fully saturated rings. The molecule has 1 N–H and O–H groups in total. The number of rotatable bonds is 3. The number of benzene rings is 2. The molecule has 3 aromatic rings. The fraction of sp³-hybridized carbons (Fsp3) is 0.0556. The molecule has 21 heavy (non-hydrogen) atoms. The van der Waals surface area contributed by atoms with E-state index < -0.39 is 0 Å². The summed E-state index contributed by atoms with van der Waals surface area (Å²) >= 11 is 0. The molecule has 0 radical (unpaired) electrons. The highest BCUT2D eigenvalue weighted by atomic mass is 16.4. The van der Waals surface area contributed by atoms with Crippen LogP contribution >= 0.6 is 0 Å². The van der Waals surface area contributed by atoms with Crippen LogP contribution in [0.5, 0.6) is 5.75 Å². The molecule has 0 atom stereocenters. The molecule has 0 spiro atoms. The van der Waals surface area contributed by atoms with Gasteiger partial charge in [0.25, 0.3) is 0 Å². The highest BCUT2D eigenvalue weighted by Gasteiger charge is 2.24. The third-order valence-electron chi connectivity index (χ3n) is 3.36. The quantitative estimate of drug-likeness (QED) is 0.731. The Labute approximate surface area is 122 Å². The predicted molar refractivity (Wildman–Crippen MR) is 80.4 cm³/mol. The smallest absolute Gasteiger partial charge is 0.200 e. The van der Waals surface area contributed by atoms with Crippen LogP contribution in [0.1, 0.15) is 21.7 Å². The van der Waals surface area contributed by atoms with Gasteiger partial charge in [-0.25, -0.2) is 0 Å². The molecule has 0 unspecified atom stereocenters. The van der Waals surface area contributed by atoms with E-state index in [-0.39, 0.29) is 17.1 Å². The largest absolute Gasteiger partial charge is 0.504 e. The van der Waals surface area contributed by atoms with Crippen LogP contribution in [0.4, 0.5) is 0 Å². The van der Waals surface area contributed by atoms with Crippen molar-refractivity contribution in [3.05, 3.63) is 77.6 Å². The fourth-order valence-corrected chi connectivity index (χ4v) is 2.32. The Hall–Kier alpha value is -2.81. The third-order valence-corrected chi connectivity index (χ3v) is 3.36. The van der Waals surface area contributed by atoms with Gasteiger partial charge in [0, 0.05) is 11.1 Å². The zero-order valence-electron chi connectivity index (χ0n) is 11.5. The number of aryl methyl sites for hydroxylation is 1. The first-order valence-electron chi connectivity index (χ1n) is 6.66. The van der Waals surface area contributed by atoms with Crippen molar-refractivity contribution in [2.24, 2.45) is 0 Å². The predicted octanol–water partition coefficient (Wildman–Crippen LogP) is 4.19. The van der Waals surface area contributed by atoms with Crippen LogP contribution in [0.2, 0.25) is 0 Å². The summed E-state index contributed by atoms with van der Waals surface area (Å²) in [6, 6.07) is 18.1. The van der Waals surface area contributed by atoms with Gasteiger partial charge in [-0.3, -0.25) is 4.79 Å². The van der Waals surface area contributed by atoms with Crippen molar-refractivity contribution >= 4 is 5.78 Å². The molecule has 0 aliphatic heterocycles. The van der Waals surface area contributed by atoms with Gasteiger partial charge in [-0.1, -0.05) is 60.7 Å². The van der Waals surface area contributed by atoms with Crippen molar-refractivity contribution in [2.45, 2.75) is 6.92 Å². The molecule has 0 aliphatic carbocycles. The molecular weight excluding hydrogens is 264 g/mol. The minimum Gasteiger partial charge on any atom is -0.504 e. The summed E-state index contributed by atoms with van der Waals surface area (Å²) in [5, 5.41) is 10.4. The molecule has 0 saturated carbocycles. The Bertz CT molecular complexity index is 771. The zero-order valence-corrected chi connectivity index (χ0v) is 11.5. The summed E-state index contributed by atoms with van der Waals surface area (Å²) in [6.07, 6.45) is 0. The van der Waals surface area contributed by atoms with Gasteiger partial charge in [0.15, 0.2) is 17.3 Å². The molecular formula is C18H14O3. The van der Waals surface area contributed by atoms with Gasteiger partial charge in [0.2, 0.25) is 0 Å². The van der Waals surface area contributed by atoms with Crippen LogP contribution in [-0.2, 0) is 0 Å². The number of aromatic hydroxyl groups is 1. The second-order valence-electron chi connectivity index (χ2n) is 4.77. The molecule has 3 nitrogen and oxygen atoms in total. The highest BCUT2D eigenvalue weighted by molar-refractivity contribution is 6.12. The molecule has 104 valence electrons. The Morgan fingerprint density at radius 2 is 1.52 bits per heavy atom. The van der Waals surface area contributed by atoms with E-state index in [0.717, 1.165) is 5.56 Å². The lowest BCUT2D eigenvalue weighted by Crippen LogP contribution is -2.01. The van der Waals surface area contributed by atoms with Crippen LogP contribution in [0.3, 0.4) is 0 Å². The lowest BCUT2D eigenvalue weighted by atomic mass is 10.0. The molecule has 0 bridgehead atoms. The lowest BCUT2D eigenvalue weighted by Gasteiger charge is -2.00. The second-order valence-corrected chi connectivity index (χ2v) is 4.77. The van der Waals surface area contributed by atoms with Crippen molar-refractivity contribution < 1.29 is 14.3 Å². The molecule has 1 aromatic heterocycles. The van der Waals surface area contributed by atoms with Crippen molar-refractivity contribution in [3.63, 3.8) is 0 Å². The second kappa shape index (κ2) is 5.29. The van der Waals surface area contributed by atoms with Crippen LogP contribution in [-0.4, -0.2) is 10.9 Å². The third kappa shape index (κ3) is 2.34. The van der Waals surface area contributed by atoms with Crippen LogP contribution < -0.4 is 0 Å². The Morgan fingerprint density at radius 1 is 0.952 bits per heavy atom. The average molecular weight is 278 g/mol. The van der Waals surface area contributed by atoms with E-state index in [1.165, 1.54) is 0 Å². The molecule has 0 aliphatic rings. The van der Waals surface area contributed by atoms with Crippen molar-refractivity contribution in [1.29, 1.82) is 0 Å². The van der Waals surface area contributed by atoms with Crippen LogP contribution in [0.15, 0.2) is 65.1 Å². The number of ketones is 1. The van der Waals surface area contributed by atoms with Crippen molar-refractivity contribution in [1.82, 2.24) is 0 Å². The average Bonchev–Trinajstić information content (AvgIpc) is 2.83. The van der Waals surface area contributed by atoms with E-state index in [1.54, 1.807) is 31.2 Å². The first-order valence-corrected chi connectivity index (χ1v) is 6.66. The summed E-state index contributed by atoms with van der Waals surface area (Å²) < 4.78 is 5.60. The van der Waals surface area contributed by atoms with Crippen molar-refractivity contribution in [3.8, 4) is 17.1 Å². The first kappa shape index (κ1) is 13.2. The SMILES string of the molecule is Cc1oc(-c2ccccc2)c(O)c1C(=O)c1ccccc1. The number of carbonyl (C=O) groups excluding carboxylic acids is 1. The lowest BCUT2D eigenvalue weighted by molar-refractivity contribution is 0.103. The van der Waals surface area contributed by atoms with E-state index in [1.807, 2.05) is 36.4 Å². The molecule has 3 heteroatoms. The van der Waals surface area contributed by atoms with Gasteiger partial charge >= 0.3 is 0 Å². The van der Waals surface area contributed by atoms with Gasteiger partial charge in [0.1, 0.15) is 11.3 Å². The van der Waals surface area contributed by atoms with Gasteiger partial charge in [0.05, 0.1) is 0 Å². The van der Waals surface area contributed by atoms with Crippen molar-refractivity contribution in [2.75, 3.05) is 0 Å². The van der Waals surface area contributed by atoms with E-state index in [9.17, 15) is 9.90 Å². The highest BCUT2D eigenvalue weighted by Crippen LogP contribution is 2.37. The monoisotopic (exact) mass is 278 g/mol. The standard InChI is InChI=1S/C18H14O3/c1-12-15(16(19)13-8-4-2-5-9-13)17(20)18(21-12)14-10-6-3-7-11-14/h2-11,20H,1H3. The Morgan fingerprint density at radius 3 is 2.14 bits per heavy atom. The first-order chi connectivity index (χ1) is 10.2. The van der Waals surface area contributed by atoms with Crippen LogP contribution in [0, 0.1) is 6.92 Å². The molecule has 3 rings (SSSR count). The van der Waals surface area contributed by atoms with Gasteiger partial charge < -0.3 is 9.52 Å². The summed E-state index contributed by atoms with van der Waals surface area (Å²) in [5.74, 6) is 0.400. The maximum absolute atomic E-state index is 12.5. The Balaban J connectivity index is 2.09. The summed E-state index contributed by atoms with van der Waals surface area (Å²) in [4.78, 5) is 12.5. The van der Waals surface area contributed by atoms with Crippen LogP contribution in [0.25, 0.3) is 11.3 Å². The summed E-state index contributed by atoms with van der Waals surface area (Å²) in [7, 11) is 0. The Kier molecular flexibility index (Phi) is 3.32. The number of carbonyl (C=O) groups is 1. The maximum atomic E-state index is 12.5. The van der Waals surface area contributed by atoms with Gasteiger partial charge in [-0.2, -0.15) is 0 Å². The maximum Gasteiger partial charge on any atom is 0.200 e. The molecule has 2 aromatic carbocycles. The normalized spacial score (nSPS) is 10.5. The molecule has 1 heterocycles. The summed E-state index contributed by atoms with van der Waals surface area (Å²) in [5.41, 5.74) is 1.49.